The second-order valence-electron chi connectivity index (χ2n) is 34.9. The minimum Gasteiger partial charge on any atom is -0.480 e. The second-order valence-corrected chi connectivity index (χ2v) is 34.9. The molecule has 9 aromatic rings. The predicted molar refractivity (Wildman–Crippen MR) is 489 cm³/mol. The Morgan fingerprint density at radius 3 is 1.60 bits per heavy atom. The zero-order valence-corrected chi connectivity index (χ0v) is 73.3. The number of imide groups is 2. The Hall–Kier alpha value is -13.5. The number of aliphatic imine (C=N–C) groups is 1. The third kappa shape index (κ3) is 22.5. The molecule has 8 heterocycles. The van der Waals surface area contributed by atoms with Crippen molar-refractivity contribution >= 4 is 121 Å². The van der Waals surface area contributed by atoms with Gasteiger partial charge in [-0.2, -0.15) is 5.10 Å². The van der Waals surface area contributed by atoms with E-state index in [1.54, 1.807) is 42.5 Å². The number of ketones is 5. The number of halogens is 4. The van der Waals surface area contributed by atoms with Gasteiger partial charge < -0.3 is 56.7 Å². The van der Waals surface area contributed by atoms with Gasteiger partial charge in [0.2, 0.25) is 5.91 Å². The molecule has 30 nitrogen and oxygen atoms in total. The normalized spacial score (nSPS) is 18.4. The van der Waals surface area contributed by atoms with Crippen molar-refractivity contribution in [3.8, 4) is 0 Å². The van der Waals surface area contributed by atoms with E-state index in [1.807, 2.05) is 65.6 Å². The number of nitrogens with one attached hydrogen (secondary N) is 6. The molecule has 2 saturated carbocycles. The molecule has 0 spiro atoms. The Bertz CT molecular complexity index is 6040. The van der Waals surface area contributed by atoms with E-state index in [0.29, 0.717) is 154 Å². The van der Waals surface area contributed by atoms with Crippen molar-refractivity contribution in [3.63, 3.8) is 0 Å². The second kappa shape index (κ2) is 41.9. The molecule has 6 fully saturated rings. The smallest absolute Gasteiger partial charge is 0.317 e. The van der Waals surface area contributed by atoms with Crippen molar-refractivity contribution in [2.75, 3.05) is 149 Å². The van der Waals surface area contributed by atoms with Crippen LogP contribution < -0.4 is 42.1 Å². The Balaban J connectivity index is 0.000000164. The Morgan fingerprint density at radius 1 is 0.511 bits per heavy atom. The molecule has 0 radical (unpaired) electrons. The minimum absolute atomic E-state index is 0.0223. The maximum Gasteiger partial charge on any atom is 0.317 e. The van der Waals surface area contributed by atoms with Crippen LogP contribution in [0.3, 0.4) is 0 Å². The van der Waals surface area contributed by atoms with Crippen LogP contribution in [0.2, 0.25) is 0 Å². The third-order valence-corrected chi connectivity index (χ3v) is 25.6. The number of aliphatic carboxylic acids is 1. The number of nitrogens with two attached hydrogens (primary N) is 1. The van der Waals surface area contributed by atoms with E-state index in [2.05, 4.69) is 57.5 Å². The van der Waals surface area contributed by atoms with Gasteiger partial charge in [0.05, 0.1) is 90.0 Å². The number of H-pyrrole nitrogens is 1. The Morgan fingerprint density at radius 2 is 1.04 bits per heavy atom. The van der Waals surface area contributed by atoms with E-state index in [0.717, 1.165) is 125 Å². The number of nitrogens with zero attached hydrogens (tertiary/aromatic N) is 8. The number of carboxylic acids is 1. The highest BCUT2D eigenvalue weighted by Gasteiger charge is 2.47. The lowest BCUT2D eigenvalue weighted by atomic mass is 9.87. The molecule has 7 aliphatic heterocycles. The van der Waals surface area contributed by atoms with Gasteiger partial charge in [-0.15, -0.1) is 0 Å². The number of aromatic amines is 1. The Labute approximate surface area is 763 Å². The van der Waals surface area contributed by atoms with Crippen LogP contribution in [0.25, 0.3) is 10.9 Å². The fourth-order valence-electron chi connectivity index (χ4n) is 18.7. The van der Waals surface area contributed by atoms with Gasteiger partial charge in [0.15, 0.2) is 23.2 Å². The van der Waals surface area contributed by atoms with Gasteiger partial charge in [0, 0.05) is 181 Å². The van der Waals surface area contributed by atoms with Gasteiger partial charge in [-0.3, -0.25) is 87.2 Å². The van der Waals surface area contributed by atoms with Crippen LogP contribution in [0, 0.1) is 29.2 Å². The molecule has 0 bridgehead atoms. The monoisotopic (exact) mass is 1820 g/mol. The third-order valence-electron chi connectivity index (χ3n) is 25.6. The van der Waals surface area contributed by atoms with Crippen molar-refractivity contribution in [2.24, 2.45) is 16.6 Å². The predicted octanol–water partition coefficient (Wildman–Crippen LogP) is 10.6. The van der Waals surface area contributed by atoms with E-state index in [9.17, 15) is 75.1 Å². The van der Waals surface area contributed by atoms with Crippen LogP contribution in [-0.4, -0.2) is 247 Å². The molecule has 4 saturated heterocycles. The summed E-state index contributed by atoms with van der Waals surface area (Å²) in [5.41, 5.74) is 18.7. The zero-order chi connectivity index (χ0) is 93.1. The molecule has 9 aliphatic rings. The summed E-state index contributed by atoms with van der Waals surface area (Å²) >= 11 is 0. The average Bonchev–Trinajstić information content (AvgIpc) is 1.61. The molecule has 6 amide bonds. The number of hydrogen-bond acceptors (Lipinski definition) is 24. The largest absolute Gasteiger partial charge is 0.480 e. The van der Waals surface area contributed by atoms with Crippen molar-refractivity contribution < 1.29 is 89.7 Å². The van der Waals surface area contributed by atoms with Gasteiger partial charge in [-0.1, -0.05) is 18.2 Å². The first-order valence-corrected chi connectivity index (χ1v) is 45.1. The highest BCUT2D eigenvalue weighted by Crippen LogP contribution is 2.37. The highest BCUT2D eigenvalue weighted by molar-refractivity contribution is 6.25. The topological polar surface area (TPSA) is 390 Å². The molecule has 18 rings (SSSR count). The number of hydrogen-bond donors (Lipinski definition) is 8. The maximum atomic E-state index is 14.0. The zero-order valence-electron chi connectivity index (χ0n) is 73.3. The van der Waals surface area contributed by atoms with Crippen molar-refractivity contribution in [1.82, 2.24) is 35.1 Å². The number of amides is 6. The van der Waals surface area contributed by atoms with Crippen LogP contribution in [0.15, 0.2) is 151 Å². The van der Waals surface area contributed by atoms with Gasteiger partial charge in [0.1, 0.15) is 34.8 Å². The molecule has 133 heavy (non-hydrogen) atoms. The highest BCUT2D eigenvalue weighted by atomic mass is 19.1. The summed E-state index contributed by atoms with van der Waals surface area (Å²) in [7, 11) is 0. The van der Waals surface area contributed by atoms with E-state index >= 15 is 0 Å². The lowest BCUT2D eigenvalue weighted by Gasteiger charge is -2.36. The van der Waals surface area contributed by atoms with Crippen LogP contribution in [0.1, 0.15) is 172 Å². The number of carbonyl (C=O) groups is 12. The minimum atomic E-state index is -0.930. The summed E-state index contributed by atoms with van der Waals surface area (Å²) in [6, 6.07) is 38.3. The fraction of sp³-hybridized carbons (Fsp3) is 0.374. The van der Waals surface area contributed by atoms with Crippen LogP contribution in [0.5, 0.6) is 0 Å². The van der Waals surface area contributed by atoms with Gasteiger partial charge in [0.25, 0.3) is 29.5 Å². The number of fused-ring (bicyclic) bond motifs is 4. The average molecular weight is 1820 g/mol. The first-order chi connectivity index (χ1) is 64.3. The quantitative estimate of drug-likeness (QED) is 0.00742. The molecule has 1 aromatic heterocycles. The summed E-state index contributed by atoms with van der Waals surface area (Å²) in [6.45, 7) is 10.6. The van der Waals surface area contributed by atoms with Crippen LogP contribution >= 0.6 is 0 Å². The van der Waals surface area contributed by atoms with Crippen LogP contribution in [0.4, 0.5) is 51.8 Å². The van der Waals surface area contributed by atoms with E-state index in [-0.39, 0.29) is 128 Å². The number of piperazine rings is 2. The molecular weight excluding hydrogens is 1720 g/mol. The van der Waals surface area contributed by atoms with E-state index < -0.39 is 70.7 Å². The maximum absolute atomic E-state index is 14.0. The van der Waals surface area contributed by atoms with E-state index in [4.69, 9.17) is 25.3 Å². The lowest BCUT2D eigenvalue weighted by Crippen LogP contribution is -2.49. The number of ether oxygens (including phenoxy) is 2. The number of carbonyl (C=O) groups excluding carboxylic acids is 11. The SMILES string of the molecule is NCCNc1ccc2c(c1)C(=O)N(C1CCC(=O)CC1=O)C2=O.O=C(O)CN1CCN(c2ccc(C(=O)CC3=NCc4ccc(Cc5cc(F)cc(F)c5)cc43)c(CC3CCOCC3)c2)CC1.O=C1CCC(N2C(=O)c3ccc(NCCNC(=O)CN4CCN(c5ccc(C(=O)Nc6n[nH]c7ccc(Cc8cc(F)cc(F)c8)cc67)c(NC6CCOCC6)c5)CC4)cc3C2=O)C(=O)C1. The summed E-state index contributed by atoms with van der Waals surface area (Å²) in [5, 5.41) is 32.9. The number of rotatable bonds is 28. The molecule has 34 heteroatoms. The summed E-state index contributed by atoms with van der Waals surface area (Å²) in [6.07, 6.45) is 5.39. The summed E-state index contributed by atoms with van der Waals surface area (Å²) < 4.78 is 66.4. The number of carboxylic acid groups (broad SMARTS) is 1. The standard InChI is InChI=1S/C48H49F2N9O7.C35H37F2N3O4.C16H17N3O4/c49-30-20-29(21-31(50)23-30)19-28-1-7-40-39(22-28)45(56-55-40)54-46(63)37-6-3-34(25-41(37)53-32-9-17-66-18-10-32)58-15-13-57(14-16-58)27-44(62)52-12-11-51-33-2-5-36-38(24-33)48(65)59(47(36)64)42-8-4-35(60)26-43(42)61;36-28-15-25(16-29(37)19-28)13-24-1-2-26-21-38-33(32(26)17-24)20-34(41)31-4-3-30(18-27(31)14-23-5-11-44-12-6-23)40-9-7-39(8-10-40)22-35(42)43;17-5-6-18-9-1-3-11-12(7-9)16(23)19(15(11)22)13-4-2-10(20)8-14(13)21/h1-3,5-7,20-25,32,42,51,53H,4,8-19,26-27H2,(H,52,62)(H2,54,55,56,63);1-4,15-19,23H,5-14,20-22H2,(H,42,43);1,3,7,13,18H,2,4-6,8,17H2. The number of Topliss-reactive ketones (excluding diaryl/α,β-unsaturated/α-hetero) is 5. The fourth-order valence-corrected chi connectivity index (χ4v) is 18.7. The molecule has 9 N–H and O–H groups in total. The summed E-state index contributed by atoms with van der Waals surface area (Å²) in [5.74, 6) is -6.14. The molecule has 2 atom stereocenters. The first kappa shape index (κ1) is 92.7. The number of aromatic nitrogens is 2. The Kier molecular flexibility index (Phi) is 29.2. The lowest BCUT2D eigenvalue weighted by molar-refractivity contribution is -0.138. The first-order valence-electron chi connectivity index (χ1n) is 45.1. The summed E-state index contributed by atoms with van der Waals surface area (Å²) in [4.78, 5) is 166. The van der Waals surface area contributed by atoms with Crippen LogP contribution in [-0.2, 0) is 64.0 Å². The number of anilines is 6. The van der Waals surface area contributed by atoms with E-state index in [1.165, 1.54) is 24.3 Å². The van der Waals surface area contributed by atoms with Crippen molar-refractivity contribution in [2.45, 2.75) is 115 Å². The number of benzene rings is 8. The van der Waals surface area contributed by atoms with Crippen molar-refractivity contribution in [1.29, 1.82) is 0 Å². The van der Waals surface area contributed by atoms with Gasteiger partial charge in [-0.05, 0) is 212 Å². The molecule has 8 aromatic carbocycles. The molecule has 2 aliphatic carbocycles. The molecule has 692 valence electrons. The molecular formula is C99H103F4N15O15. The van der Waals surface area contributed by atoms with Crippen molar-refractivity contribution in [3.05, 3.63) is 241 Å². The molecule has 2 unspecified atom stereocenters. The van der Waals surface area contributed by atoms with Gasteiger partial charge >= 0.3 is 5.97 Å². The van der Waals surface area contributed by atoms with Gasteiger partial charge in [-0.25, -0.2) is 17.6 Å².